The van der Waals surface area contributed by atoms with Gasteiger partial charge >= 0.3 is 0 Å². The lowest BCUT2D eigenvalue weighted by Gasteiger charge is -2.27. The Morgan fingerprint density at radius 1 is 1.38 bits per heavy atom. The van der Waals surface area contributed by atoms with Crippen LogP contribution in [0.3, 0.4) is 0 Å². The zero-order valence-corrected chi connectivity index (χ0v) is 11.2. The molecule has 0 amide bonds. The number of aliphatic hydroxyl groups is 1. The maximum Gasteiger partial charge on any atom is 0.281 e. The number of nitrogens with zero attached hydrogens (tertiary/aromatic N) is 2. The van der Waals surface area contributed by atoms with Crippen molar-refractivity contribution in [3.05, 3.63) is 0 Å². The van der Waals surface area contributed by atoms with Crippen molar-refractivity contribution in [3.8, 4) is 0 Å². The van der Waals surface area contributed by atoms with Crippen molar-refractivity contribution in [3.63, 3.8) is 0 Å². The van der Waals surface area contributed by atoms with Crippen LogP contribution in [0.5, 0.6) is 0 Å². The van der Waals surface area contributed by atoms with Gasteiger partial charge in [-0.05, 0) is 33.1 Å². The molecule has 96 valence electrons. The van der Waals surface area contributed by atoms with Crippen LogP contribution in [0, 0.1) is 5.92 Å². The molecule has 1 aliphatic heterocycles. The van der Waals surface area contributed by atoms with Gasteiger partial charge in [0.05, 0.1) is 6.10 Å². The highest BCUT2D eigenvalue weighted by Gasteiger charge is 2.36. The molecule has 2 atom stereocenters. The topological polar surface area (TPSA) is 60.9 Å². The smallest absolute Gasteiger partial charge is 0.281 e. The van der Waals surface area contributed by atoms with Gasteiger partial charge in [-0.1, -0.05) is 0 Å². The monoisotopic (exact) mass is 250 g/mol. The van der Waals surface area contributed by atoms with Gasteiger partial charge < -0.3 is 5.11 Å². The van der Waals surface area contributed by atoms with Gasteiger partial charge in [0, 0.05) is 26.2 Å². The fourth-order valence-corrected chi connectivity index (χ4v) is 3.42. The van der Waals surface area contributed by atoms with Crippen molar-refractivity contribution in [2.75, 3.05) is 20.1 Å². The van der Waals surface area contributed by atoms with Crippen molar-refractivity contribution >= 4 is 10.2 Å². The Labute approximate surface area is 98.2 Å². The molecular weight excluding hydrogens is 228 g/mol. The third kappa shape index (κ3) is 2.74. The summed E-state index contributed by atoms with van der Waals surface area (Å²) in [5.41, 5.74) is 0. The van der Waals surface area contributed by atoms with Crippen LogP contribution in [0.4, 0.5) is 0 Å². The van der Waals surface area contributed by atoms with E-state index in [4.69, 9.17) is 0 Å². The molecule has 0 saturated carbocycles. The van der Waals surface area contributed by atoms with Gasteiger partial charge in [0.1, 0.15) is 0 Å². The van der Waals surface area contributed by atoms with E-state index in [9.17, 15) is 13.5 Å². The van der Waals surface area contributed by atoms with E-state index in [1.807, 2.05) is 13.8 Å². The Morgan fingerprint density at radius 2 is 1.94 bits per heavy atom. The van der Waals surface area contributed by atoms with Gasteiger partial charge in [-0.25, -0.2) is 0 Å². The molecule has 1 aliphatic rings. The Balaban J connectivity index is 2.73. The first-order chi connectivity index (χ1) is 7.26. The number of hydrogen-bond donors (Lipinski definition) is 1. The second-order valence-electron chi connectivity index (χ2n) is 4.77. The second kappa shape index (κ2) is 5.00. The fraction of sp³-hybridized carbons (Fsp3) is 1.00. The summed E-state index contributed by atoms with van der Waals surface area (Å²) in [6, 6.07) is -0.0457. The standard InChI is InChI=1S/C10H22N2O3S/c1-8(2)11(4)16(14,15)12-6-5-10(7-12)9(3)13/h8-10,13H,5-7H2,1-4H3. The van der Waals surface area contributed by atoms with Crippen LogP contribution in [-0.4, -0.2) is 54.4 Å². The Hall–Kier alpha value is -0.170. The van der Waals surface area contributed by atoms with E-state index in [1.165, 1.54) is 8.61 Å². The minimum atomic E-state index is -3.35. The van der Waals surface area contributed by atoms with Gasteiger partial charge in [0.25, 0.3) is 10.2 Å². The molecule has 16 heavy (non-hydrogen) atoms. The van der Waals surface area contributed by atoms with E-state index in [0.717, 1.165) is 6.42 Å². The van der Waals surface area contributed by atoms with Crippen LogP contribution in [-0.2, 0) is 10.2 Å². The molecule has 0 aromatic heterocycles. The summed E-state index contributed by atoms with van der Waals surface area (Å²) in [7, 11) is -1.76. The molecule has 0 spiro atoms. The molecule has 1 saturated heterocycles. The van der Waals surface area contributed by atoms with Gasteiger partial charge in [-0.15, -0.1) is 0 Å². The number of hydrogen-bond acceptors (Lipinski definition) is 3. The summed E-state index contributed by atoms with van der Waals surface area (Å²) < 4.78 is 27.1. The lowest BCUT2D eigenvalue weighted by molar-refractivity contribution is 0.132. The van der Waals surface area contributed by atoms with Crippen LogP contribution < -0.4 is 0 Å². The SMILES string of the molecule is CC(O)C1CCN(S(=O)(=O)N(C)C(C)C)C1. The average molecular weight is 250 g/mol. The molecule has 0 aromatic carbocycles. The zero-order valence-electron chi connectivity index (χ0n) is 10.4. The average Bonchev–Trinajstić information content (AvgIpc) is 2.65. The van der Waals surface area contributed by atoms with Crippen LogP contribution in [0.25, 0.3) is 0 Å². The molecule has 1 rings (SSSR count). The first kappa shape index (κ1) is 13.9. The summed E-state index contributed by atoms with van der Waals surface area (Å²) in [5.74, 6) is 0.0651. The van der Waals surface area contributed by atoms with Crippen molar-refractivity contribution in [1.29, 1.82) is 0 Å². The van der Waals surface area contributed by atoms with E-state index in [2.05, 4.69) is 0 Å². The zero-order chi connectivity index (χ0) is 12.5. The second-order valence-corrected chi connectivity index (χ2v) is 6.75. The summed E-state index contributed by atoms with van der Waals surface area (Å²) in [5, 5.41) is 9.45. The highest BCUT2D eigenvalue weighted by molar-refractivity contribution is 7.86. The minimum absolute atomic E-state index is 0.0457. The molecule has 0 aliphatic carbocycles. The van der Waals surface area contributed by atoms with Crippen molar-refractivity contribution in [1.82, 2.24) is 8.61 Å². The minimum Gasteiger partial charge on any atom is -0.393 e. The van der Waals surface area contributed by atoms with Crippen LogP contribution in [0.15, 0.2) is 0 Å². The molecule has 6 heteroatoms. The third-order valence-corrected chi connectivity index (χ3v) is 5.42. The van der Waals surface area contributed by atoms with Gasteiger partial charge in [-0.2, -0.15) is 17.0 Å². The number of aliphatic hydroxyl groups excluding tert-OH is 1. The van der Waals surface area contributed by atoms with E-state index in [1.54, 1.807) is 14.0 Å². The first-order valence-corrected chi connectivity index (χ1v) is 7.07. The highest BCUT2D eigenvalue weighted by atomic mass is 32.2. The van der Waals surface area contributed by atoms with Crippen LogP contribution >= 0.6 is 0 Å². The first-order valence-electron chi connectivity index (χ1n) is 5.68. The summed E-state index contributed by atoms with van der Waals surface area (Å²) in [6.45, 7) is 6.35. The highest BCUT2D eigenvalue weighted by Crippen LogP contribution is 2.24. The third-order valence-electron chi connectivity index (χ3n) is 3.29. The molecular formula is C10H22N2O3S. The van der Waals surface area contributed by atoms with E-state index in [-0.39, 0.29) is 12.0 Å². The van der Waals surface area contributed by atoms with E-state index >= 15 is 0 Å². The molecule has 2 unspecified atom stereocenters. The Kier molecular flexibility index (Phi) is 4.34. The van der Waals surface area contributed by atoms with Crippen molar-refractivity contribution in [2.24, 2.45) is 5.92 Å². The Bertz CT molecular complexity index is 327. The predicted octanol–water partition coefficient (Wildman–Crippen LogP) is 0.274. The van der Waals surface area contributed by atoms with E-state index < -0.39 is 16.3 Å². The molecule has 0 radical (unpaired) electrons. The largest absolute Gasteiger partial charge is 0.393 e. The van der Waals surface area contributed by atoms with Crippen LogP contribution in [0.1, 0.15) is 27.2 Å². The predicted molar refractivity (Wildman–Crippen MR) is 63.2 cm³/mol. The Morgan fingerprint density at radius 3 is 2.31 bits per heavy atom. The quantitative estimate of drug-likeness (QED) is 0.779. The van der Waals surface area contributed by atoms with Crippen molar-refractivity contribution in [2.45, 2.75) is 39.3 Å². The molecule has 1 heterocycles. The fourth-order valence-electron chi connectivity index (χ4n) is 1.81. The van der Waals surface area contributed by atoms with Gasteiger partial charge in [0.2, 0.25) is 0 Å². The number of rotatable bonds is 4. The molecule has 1 N–H and O–H groups in total. The molecule has 1 fully saturated rings. The maximum atomic E-state index is 12.1. The van der Waals surface area contributed by atoms with Crippen LogP contribution in [0.2, 0.25) is 0 Å². The van der Waals surface area contributed by atoms with Crippen molar-refractivity contribution < 1.29 is 13.5 Å². The van der Waals surface area contributed by atoms with E-state index in [0.29, 0.717) is 13.1 Å². The lowest BCUT2D eigenvalue weighted by atomic mass is 10.0. The lowest BCUT2D eigenvalue weighted by Crippen LogP contribution is -2.44. The molecule has 5 nitrogen and oxygen atoms in total. The maximum absolute atomic E-state index is 12.1. The van der Waals surface area contributed by atoms with Gasteiger partial charge in [-0.3, -0.25) is 0 Å². The van der Waals surface area contributed by atoms with Gasteiger partial charge in [0.15, 0.2) is 0 Å². The molecule has 0 bridgehead atoms. The summed E-state index contributed by atoms with van der Waals surface area (Å²) in [4.78, 5) is 0. The summed E-state index contributed by atoms with van der Waals surface area (Å²) >= 11 is 0. The molecule has 0 aromatic rings. The summed E-state index contributed by atoms with van der Waals surface area (Å²) in [6.07, 6.45) is 0.299. The normalized spacial score (nSPS) is 25.6.